The lowest BCUT2D eigenvalue weighted by Crippen LogP contribution is -2.15. The highest BCUT2D eigenvalue weighted by molar-refractivity contribution is 7.92. The van der Waals surface area contributed by atoms with Crippen molar-refractivity contribution in [2.45, 2.75) is 24.7 Å². The molecule has 0 aliphatic rings. The molecule has 0 aliphatic heterocycles. The number of nitrogens with one attached hydrogen (secondary N) is 2. The maximum absolute atomic E-state index is 12.4. The van der Waals surface area contributed by atoms with E-state index < -0.39 is 10.0 Å². The van der Waals surface area contributed by atoms with Crippen LogP contribution in [0.3, 0.4) is 0 Å². The first kappa shape index (κ1) is 19.5. The zero-order valence-electron chi connectivity index (χ0n) is 15.5. The van der Waals surface area contributed by atoms with Gasteiger partial charge in [-0.05, 0) is 53.9 Å². The van der Waals surface area contributed by atoms with Gasteiger partial charge in [-0.3, -0.25) is 4.79 Å². The van der Waals surface area contributed by atoms with Crippen LogP contribution in [0.15, 0.2) is 71.9 Å². The van der Waals surface area contributed by atoms with Gasteiger partial charge in [0.25, 0.3) is 15.9 Å². The molecule has 0 saturated heterocycles. The normalized spacial score (nSPS) is 11.2. The van der Waals surface area contributed by atoms with Crippen LogP contribution >= 0.6 is 0 Å². The minimum absolute atomic E-state index is 0.00951. The topological polar surface area (TPSA) is 101 Å². The molecule has 2 N–H and O–H groups in total. The van der Waals surface area contributed by atoms with Crippen LogP contribution in [0.25, 0.3) is 0 Å². The highest BCUT2D eigenvalue weighted by Gasteiger charge is 2.15. The minimum Gasteiger partial charge on any atom is -0.322 e. The van der Waals surface area contributed by atoms with Crippen LogP contribution < -0.4 is 10.0 Å². The smallest absolute Gasteiger partial charge is 0.264 e. The van der Waals surface area contributed by atoms with Crippen molar-refractivity contribution < 1.29 is 13.2 Å². The summed E-state index contributed by atoms with van der Waals surface area (Å²) in [7, 11) is -3.81. The quantitative estimate of drug-likeness (QED) is 0.662. The van der Waals surface area contributed by atoms with Crippen molar-refractivity contribution in [2.75, 3.05) is 10.0 Å². The first-order chi connectivity index (χ1) is 13.3. The van der Waals surface area contributed by atoms with Crippen molar-refractivity contribution >= 4 is 27.6 Å². The van der Waals surface area contributed by atoms with E-state index in [2.05, 4.69) is 33.9 Å². The molecule has 1 amide bonds. The number of hydrogen-bond acceptors (Lipinski definition) is 5. The van der Waals surface area contributed by atoms with Gasteiger partial charge in [0.1, 0.15) is 0 Å². The number of carbonyl (C=O) groups excluding carboxylic acids is 1. The van der Waals surface area contributed by atoms with E-state index in [-0.39, 0.29) is 16.8 Å². The lowest BCUT2D eigenvalue weighted by molar-refractivity contribution is 0.102. The Morgan fingerprint density at radius 1 is 0.929 bits per heavy atom. The van der Waals surface area contributed by atoms with Crippen molar-refractivity contribution in [2.24, 2.45) is 0 Å². The van der Waals surface area contributed by atoms with Gasteiger partial charge in [-0.2, -0.15) is 0 Å². The van der Waals surface area contributed by atoms with Gasteiger partial charge in [0.2, 0.25) is 5.95 Å². The van der Waals surface area contributed by atoms with Gasteiger partial charge in [0.15, 0.2) is 0 Å². The third kappa shape index (κ3) is 4.72. The van der Waals surface area contributed by atoms with E-state index in [4.69, 9.17) is 0 Å². The standard InChI is InChI=1S/C20H20N4O3S/c1-14(2)15-4-6-16(7-5-15)19(25)23-17-8-10-18(11-9-17)28(26,27)24-20-21-12-3-13-22-20/h3-14H,1-2H3,(H,23,25)(H,21,22,24). The average Bonchev–Trinajstić information content (AvgIpc) is 2.69. The molecule has 144 valence electrons. The number of carbonyl (C=O) groups is 1. The molecule has 0 saturated carbocycles. The summed E-state index contributed by atoms with van der Waals surface area (Å²) in [5.41, 5.74) is 2.18. The number of nitrogens with zero attached hydrogens (tertiary/aromatic N) is 2. The van der Waals surface area contributed by atoms with E-state index in [9.17, 15) is 13.2 Å². The number of aromatic nitrogens is 2. The summed E-state index contributed by atoms with van der Waals surface area (Å²) >= 11 is 0. The highest BCUT2D eigenvalue weighted by atomic mass is 32.2. The van der Waals surface area contributed by atoms with Gasteiger partial charge in [-0.1, -0.05) is 26.0 Å². The molecule has 0 atom stereocenters. The van der Waals surface area contributed by atoms with Gasteiger partial charge in [0, 0.05) is 23.6 Å². The third-order valence-corrected chi connectivity index (χ3v) is 5.40. The van der Waals surface area contributed by atoms with Crippen molar-refractivity contribution in [1.29, 1.82) is 0 Å². The Morgan fingerprint density at radius 2 is 1.54 bits per heavy atom. The summed E-state index contributed by atoms with van der Waals surface area (Å²) in [6, 6.07) is 14.8. The summed E-state index contributed by atoms with van der Waals surface area (Å²) < 4.78 is 27.0. The fourth-order valence-corrected chi connectivity index (χ4v) is 3.43. The fraction of sp³-hybridized carbons (Fsp3) is 0.150. The Hall–Kier alpha value is -3.26. The number of hydrogen-bond donors (Lipinski definition) is 2. The Labute approximate surface area is 163 Å². The molecule has 1 aromatic heterocycles. The molecular formula is C20H20N4O3S. The first-order valence-electron chi connectivity index (χ1n) is 8.66. The SMILES string of the molecule is CC(C)c1ccc(C(=O)Nc2ccc(S(=O)(=O)Nc3ncccn3)cc2)cc1. The fourth-order valence-electron chi connectivity index (χ4n) is 2.47. The summed E-state index contributed by atoms with van der Waals surface area (Å²) in [5.74, 6) is 0.118. The van der Waals surface area contributed by atoms with Crippen LogP contribution in [0.1, 0.15) is 35.7 Å². The summed E-state index contributed by atoms with van der Waals surface area (Å²) in [6.45, 7) is 4.17. The predicted molar refractivity (Wildman–Crippen MR) is 108 cm³/mol. The van der Waals surface area contributed by atoms with Crippen molar-refractivity contribution in [3.63, 3.8) is 0 Å². The Morgan fingerprint density at radius 3 is 2.11 bits per heavy atom. The first-order valence-corrected chi connectivity index (χ1v) is 10.1. The van der Waals surface area contributed by atoms with Gasteiger partial charge in [-0.15, -0.1) is 0 Å². The molecule has 7 nitrogen and oxygen atoms in total. The van der Waals surface area contributed by atoms with Crippen LogP contribution in [0.5, 0.6) is 0 Å². The van der Waals surface area contributed by atoms with E-state index in [1.165, 1.54) is 36.7 Å². The number of rotatable bonds is 6. The van der Waals surface area contributed by atoms with Gasteiger partial charge in [-0.25, -0.2) is 23.1 Å². The van der Waals surface area contributed by atoms with Crippen molar-refractivity contribution in [3.8, 4) is 0 Å². The van der Waals surface area contributed by atoms with Gasteiger partial charge in [0.05, 0.1) is 4.90 Å². The maximum Gasteiger partial charge on any atom is 0.264 e. The highest BCUT2D eigenvalue weighted by Crippen LogP contribution is 2.18. The molecule has 1 heterocycles. The van der Waals surface area contributed by atoms with Crippen molar-refractivity contribution in [1.82, 2.24) is 9.97 Å². The largest absolute Gasteiger partial charge is 0.322 e. The second-order valence-corrected chi connectivity index (χ2v) is 8.12. The molecule has 3 aromatic rings. The molecule has 2 aromatic carbocycles. The zero-order chi connectivity index (χ0) is 20.1. The average molecular weight is 396 g/mol. The van der Waals surface area contributed by atoms with Gasteiger partial charge < -0.3 is 5.32 Å². The van der Waals surface area contributed by atoms with E-state index in [0.717, 1.165) is 5.56 Å². The second kappa shape index (κ2) is 8.18. The molecule has 3 rings (SSSR count). The maximum atomic E-state index is 12.4. The summed E-state index contributed by atoms with van der Waals surface area (Å²) in [6.07, 6.45) is 2.88. The molecule has 0 radical (unpaired) electrons. The monoisotopic (exact) mass is 396 g/mol. The van der Waals surface area contributed by atoms with Crippen LogP contribution in [-0.4, -0.2) is 24.3 Å². The van der Waals surface area contributed by atoms with Crippen LogP contribution in [0, 0.1) is 0 Å². The van der Waals surface area contributed by atoms with Crippen LogP contribution in [0.4, 0.5) is 11.6 Å². The second-order valence-electron chi connectivity index (χ2n) is 6.43. The Balaban J connectivity index is 1.69. The number of benzene rings is 2. The number of amides is 1. The Bertz CT molecular complexity index is 1050. The van der Waals surface area contributed by atoms with Crippen LogP contribution in [-0.2, 0) is 10.0 Å². The summed E-state index contributed by atoms with van der Waals surface area (Å²) in [4.78, 5) is 20.1. The molecule has 8 heteroatoms. The zero-order valence-corrected chi connectivity index (χ0v) is 16.3. The molecule has 0 spiro atoms. The molecular weight excluding hydrogens is 376 g/mol. The Kier molecular flexibility index (Phi) is 5.70. The van der Waals surface area contributed by atoms with E-state index in [1.54, 1.807) is 18.2 Å². The van der Waals surface area contributed by atoms with Crippen molar-refractivity contribution in [3.05, 3.63) is 78.1 Å². The molecule has 0 bridgehead atoms. The third-order valence-electron chi connectivity index (χ3n) is 4.05. The minimum atomic E-state index is -3.81. The lowest BCUT2D eigenvalue weighted by atomic mass is 10.0. The molecule has 0 unspecified atom stereocenters. The number of sulfonamides is 1. The van der Waals surface area contributed by atoms with E-state index >= 15 is 0 Å². The van der Waals surface area contributed by atoms with E-state index in [0.29, 0.717) is 17.2 Å². The molecule has 0 aliphatic carbocycles. The van der Waals surface area contributed by atoms with Crippen LogP contribution in [0.2, 0.25) is 0 Å². The predicted octanol–water partition coefficient (Wildman–Crippen LogP) is 3.65. The van der Waals surface area contributed by atoms with E-state index in [1.807, 2.05) is 12.1 Å². The molecule has 0 fully saturated rings. The summed E-state index contributed by atoms with van der Waals surface area (Å²) in [5, 5.41) is 2.76. The van der Waals surface area contributed by atoms with Gasteiger partial charge >= 0.3 is 0 Å². The molecule has 28 heavy (non-hydrogen) atoms. The lowest BCUT2D eigenvalue weighted by Gasteiger charge is -2.09. The number of anilines is 2.